The summed E-state index contributed by atoms with van der Waals surface area (Å²) in [5, 5.41) is 10.7. The van der Waals surface area contributed by atoms with Crippen LogP contribution in [0.15, 0.2) is 34.7 Å². The fourth-order valence-corrected chi connectivity index (χ4v) is 1.89. The Kier molecular flexibility index (Phi) is 2.60. The third-order valence-electron chi connectivity index (χ3n) is 2.87. The quantitative estimate of drug-likeness (QED) is 0.435. The Morgan fingerprint density at radius 1 is 1.25 bits per heavy atom. The summed E-state index contributed by atoms with van der Waals surface area (Å²) >= 11 is 0. The summed E-state index contributed by atoms with van der Waals surface area (Å²) in [7, 11) is 0. The highest BCUT2D eigenvalue weighted by Crippen LogP contribution is 2.30. The molecule has 2 heterocycles. The maximum Gasteiger partial charge on any atom is 0.271 e. The smallest absolute Gasteiger partial charge is 0.271 e. The zero-order chi connectivity index (χ0) is 14.3. The Morgan fingerprint density at radius 2 is 2.05 bits per heavy atom. The summed E-state index contributed by atoms with van der Waals surface area (Å²) in [4.78, 5) is 18.7. The Bertz CT molecular complexity index is 826. The van der Waals surface area contributed by atoms with E-state index in [1.54, 1.807) is 6.07 Å². The van der Waals surface area contributed by atoms with E-state index in [1.807, 2.05) is 13.0 Å². The van der Waals surface area contributed by atoms with Crippen LogP contribution in [0.5, 0.6) is 0 Å². The molecule has 0 spiro atoms. The van der Waals surface area contributed by atoms with Crippen LogP contribution in [-0.2, 0) is 0 Å². The highest BCUT2D eigenvalue weighted by atomic mass is 16.6. The summed E-state index contributed by atoms with van der Waals surface area (Å²) in [6.07, 6.45) is 0. The Balaban J connectivity index is 2.13. The second kappa shape index (κ2) is 4.30. The van der Waals surface area contributed by atoms with E-state index in [4.69, 9.17) is 10.2 Å². The number of aromatic nitrogens is 2. The van der Waals surface area contributed by atoms with E-state index in [0.717, 1.165) is 5.69 Å². The molecule has 0 aliphatic carbocycles. The van der Waals surface area contributed by atoms with Crippen molar-refractivity contribution in [1.82, 2.24) is 9.97 Å². The van der Waals surface area contributed by atoms with E-state index < -0.39 is 4.92 Å². The van der Waals surface area contributed by atoms with E-state index in [0.29, 0.717) is 22.7 Å². The molecule has 3 rings (SSSR count). The number of nitro groups is 1. The lowest BCUT2D eigenvalue weighted by molar-refractivity contribution is -0.384. The zero-order valence-corrected chi connectivity index (χ0v) is 10.5. The number of non-ortho nitro benzene ring substituents is 1. The molecule has 0 fully saturated rings. The van der Waals surface area contributed by atoms with Crippen LogP contribution < -0.4 is 5.73 Å². The van der Waals surface area contributed by atoms with Gasteiger partial charge in [-0.2, -0.15) is 4.98 Å². The first kappa shape index (κ1) is 12.1. The molecule has 3 aromatic rings. The van der Waals surface area contributed by atoms with Crippen molar-refractivity contribution in [1.29, 1.82) is 0 Å². The summed E-state index contributed by atoms with van der Waals surface area (Å²) in [5.74, 6) is 0.297. The van der Waals surface area contributed by atoms with E-state index >= 15 is 0 Å². The largest absolute Gasteiger partial charge is 0.434 e. The van der Waals surface area contributed by atoms with Gasteiger partial charge in [-0.3, -0.25) is 10.1 Å². The maximum absolute atomic E-state index is 10.7. The number of aryl methyl sites for hydroxylation is 1. The Labute approximate surface area is 113 Å². The summed E-state index contributed by atoms with van der Waals surface area (Å²) in [5.41, 5.74) is 8.35. The van der Waals surface area contributed by atoms with Gasteiger partial charge in [-0.25, -0.2) is 4.98 Å². The maximum atomic E-state index is 10.7. The van der Waals surface area contributed by atoms with Gasteiger partial charge in [0.2, 0.25) is 5.89 Å². The molecule has 2 aromatic heterocycles. The molecular formula is C13H10N4O3. The molecule has 0 saturated carbocycles. The number of nitro benzene ring substituents is 1. The minimum atomic E-state index is -0.503. The van der Waals surface area contributed by atoms with Gasteiger partial charge in [-0.1, -0.05) is 0 Å². The first-order valence-corrected chi connectivity index (χ1v) is 5.83. The van der Waals surface area contributed by atoms with Crippen molar-refractivity contribution >= 4 is 22.6 Å². The monoisotopic (exact) mass is 270 g/mol. The highest BCUT2D eigenvalue weighted by Gasteiger charge is 2.15. The molecule has 0 aliphatic heterocycles. The fourth-order valence-electron chi connectivity index (χ4n) is 1.89. The van der Waals surface area contributed by atoms with Crippen molar-refractivity contribution in [2.45, 2.75) is 6.92 Å². The van der Waals surface area contributed by atoms with Crippen molar-refractivity contribution in [2.75, 3.05) is 5.73 Å². The number of benzene rings is 1. The average Bonchev–Trinajstić information content (AvgIpc) is 2.80. The highest BCUT2D eigenvalue weighted by molar-refractivity contribution is 5.78. The molecule has 0 aliphatic rings. The van der Waals surface area contributed by atoms with Crippen molar-refractivity contribution in [3.8, 4) is 11.5 Å². The molecule has 1 aromatic carbocycles. The van der Waals surface area contributed by atoms with E-state index in [1.165, 1.54) is 18.2 Å². The van der Waals surface area contributed by atoms with Gasteiger partial charge in [0.15, 0.2) is 11.2 Å². The Hall–Kier alpha value is -2.96. The lowest BCUT2D eigenvalue weighted by Crippen LogP contribution is -1.94. The van der Waals surface area contributed by atoms with Gasteiger partial charge in [-0.15, -0.1) is 0 Å². The lowest BCUT2D eigenvalue weighted by Gasteiger charge is -2.00. The lowest BCUT2D eigenvalue weighted by atomic mass is 10.1. The van der Waals surface area contributed by atoms with Crippen molar-refractivity contribution < 1.29 is 9.34 Å². The molecule has 0 saturated heterocycles. The first-order chi connectivity index (χ1) is 9.54. The number of nitrogen functional groups attached to an aromatic ring is 1. The molecule has 0 unspecified atom stereocenters. The van der Waals surface area contributed by atoms with Gasteiger partial charge in [0.1, 0.15) is 0 Å². The van der Waals surface area contributed by atoms with Gasteiger partial charge in [0.25, 0.3) is 5.69 Å². The minimum absolute atomic E-state index is 0.0728. The molecule has 7 heteroatoms. The third kappa shape index (κ3) is 1.95. The Morgan fingerprint density at radius 3 is 2.75 bits per heavy atom. The third-order valence-corrected chi connectivity index (χ3v) is 2.87. The number of nitrogens with two attached hydrogens (primary N) is 1. The van der Waals surface area contributed by atoms with Gasteiger partial charge in [0.05, 0.1) is 16.2 Å². The number of rotatable bonds is 2. The predicted octanol–water partition coefficient (Wildman–Crippen LogP) is 2.69. The number of anilines is 1. The number of pyridine rings is 1. The van der Waals surface area contributed by atoms with Crippen LogP contribution in [0.1, 0.15) is 5.69 Å². The van der Waals surface area contributed by atoms with E-state index in [2.05, 4.69) is 9.97 Å². The average molecular weight is 270 g/mol. The summed E-state index contributed by atoms with van der Waals surface area (Å²) in [6.45, 7) is 1.86. The van der Waals surface area contributed by atoms with E-state index in [-0.39, 0.29) is 11.4 Å². The molecule has 0 radical (unpaired) electrons. The number of oxazole rings is 1. The predicted molar refractivity (Wildman–Crippen MR) is 73.0 cm³/mol. The zero-order valence-electron chi connectivity index (χ0n) is 10.5. The molecule has 20 heavy (non-hydrogen) atoms. The molecule has 100 valence electrons. The van der Waals surface area contributed by atoms with Crippen molar-refractivity contribution in [3.63, 3.8) is 0 Å². The molecule has 7 nitrogen and oxygen atoms in total. The van der Waals surface area contributed by atoms with Crippen LogP contribution in [0.3, 0.4) is 0 Å². The number of hydrogen-bond acceptors (Lipinski definition) is 6. The van der Waals surface area contributed by atoms with Crippen LogP contribution in [0, 0.1) is 17.0 Å². The van der Waals surface area contributed by atoms with Crippen LogP contribution >= 0.6 is 0 Å². The van der Waals surface area contributed by atoms with Crippen molar-refractivity contribution in [3.05, 3.63) is 46.1 Å². The van der Waals surface area contributed by atoms with Gasteiger partial charge in [0, 0.05) is 17.8 Å². The molecular weight excluding hydrogens is 260 g/mol. The second-order valence-electron chi connectivity index (χ2n) is 4.32. The second-order valence-corrected chi connectivity index (χ2v) is 4.32. The standard InChI is InChI=1S/C13H10N4O3/c1-7-2-5-11-12(15-7)16-13(20-11)9-4-3-8(17(18)19)6-10(9)14/h2-6H,14H2,1H3. The van der Waals surface area contributed by atoms with Gasteiger partial charge in [-0.05, 0) is 25.1 Å². The molecule has 2 N–H and O–H groups in total. The van der Waals surface area contributed by atoms with Crippen LogP contribution in [0.2, 0.25) is 0 Å². The number of hydrogen-bond donors (Lipinski definition) is 1. The molecule has 0 amide bonds. The topological polar surface area (TPSA) is 108 Å². The van der Waals surface area contributed by atoms with Gasteiger partial charge < -0.3 is 10.2 Å². The minimum Gasteiger partial charge on any atom is -0.434 e. The fraction of sp³-hybridized carbons (Fsp3) is 0.0769. The van der Waals surface area contributed by atoms with Crippen LogP contribution in [0.4, 0.5) is 11.4 Å². The van der Waals surface area contributed by atoms with Crippen LogP contribution in [0.25, 0.3) is 22.7 Å². The SMILES string of the molecule is Cc1ccc2oc(-c3ccc([N+](=O)[O-])cc3N)nc2n1. The molecule has 0 atom stereocenters. The molecule has 0 bridgehead atoms. The normalized spacial score (nSPS) is 10.8. The van der Waals surface area contributed by atoms with Crippen molar-refractivity contribution in [2.24, 2.45) is 0 Å². The summed E-state index contributed by atoms with van der Waals surface area (Å²) < 4.78 is 5.57. The van der Waals surface area contributed by atoms with E-state index in [9.17, 15) is 10.1 Å². The number of nitrogens with zero attached hydrogens (tertiary/aromatic N) is 3. The van der Waals surface area contributed by atoms with Gasteiger partial charge >= 0.3 is 0 Å². The number of fused-ring (bicyclic) bond motifs is 1. The first-order valence-electron chi connectivity index (χ1n) is 5.83. The summed E-state index contributed by atoms with van der Waals surface area (Å²) in [6, 6.07) is 7.75. The van der Waals surface area contributed by atoms with Crippen LogP contribution in [-0.4, -0.2) is 14.9 Å².